The molecule has 1 aromatic heterocycles. The Morgan fingerprint density at radius 3 is 2.74 bits per heavy atom. The van der Waals surface area contributed by atoms with E-state index in [-0.39, 0.29) is 28.4 Å². The van der Waals surface area contributed by atoms with Crippen molar-refractivity contribution in [3.63, 3.8) is 0 Å². The minimum Gasteiger partial charge on any atom is -0.495 e. The van der Waals surface area contributed by atoms with Crippen molar-refractivity contribution in [3.8, 4) is 5.75 Å². The highest BCUT2D eigenvalue weighted by molar-refractivity contribution is 7.89. The van der Waals surface area contributed by atoms with E-state index in [1.165, 1.54) is 29.6 Å². The second-order valence-corrected chi connectivity index (χ2v) is 9.94. The van der Waals surface area contributed by atoms with Crippen LogP contribution in [0, 0.1) is 0 Å². The molecule has 170 valence electrons. The Morgan fingerprint density at radius 2 is 2.10 bits per heavy atom. The van der Waals surface area contributed by atoms with E-state index >= 15 is 0 Å². The zero-order valence-corrected chi connectivity index (χ0v) is 19.2. The van der Waals surface area contributed by atoms with Crippen LogP contribution in [0.15, 0.2) is 41.8 Å². The standard InChI is InChI=1S/C21H29ClN4O4S/c1-30-20-9-8-18(14-19(20)22)31(28,29)26(17-6-3-2-4-7-17)15-21(27)24-10-5-12-25-13-11-23-16-25/h8-9,11,13-14,16-17H,2-7,10,12,15H2,1H3,(H,24,27). The highest BCUT2D eigenvalue weighted by Gasteiger charge is 2.34. The molecule has 0 spiro atoms. The summed E-state index contributed by atoms with van der Waals surface area (Å²) < 4.78 is 35.3. The van der Waals surface area contributed by atoms with E-state index in [0.29, 0.717) is 12.3 Å². The number of hydrogen-bond donors (Lipinski definition) is 1. The molecule has 1 aliphatic rings. The van der Waals surface area contributed by atoms with Gasteiger partial charge in [0.25, 0.3) is 0 Å². The summed E-state index contributed by atoms with van der Waals surface area (Å²) >= 11 is 6.16. The number of benzene rings is 1. The average molecular weight is 469 g/mol. The fourth-order valence-corrected chi connectivity index (χ4v) is 5.82. The van der Waals surface area contributed by atoms with Crippen LogP contribution in [-0.2, 0) is 21.4 Å². The molecule has 1 aliphatic carbocycles. The van der Waals surface area contributed by atoms with Gasteiger partial charge in [0.2, 0.25) is 15.9 Å². The second kappa shape index (κ2) is 11.0. The maximum atomic E-state index is 13.4. The number of amides is 1. The number of carbonyl (C=O) groups excluding carboxylic acids is 1. The summed E-state index contributed by atoms with van der Waals surface area (Å²) in [4.78, 5) is 16.7. The maximum Gasteiger partial charge on any atom is 0.243 e. The second-order valence-electron chi connectivity index (χ2n) is 7.64. The van der Waals surface area contributed by atoms with Gasteiger partial charge in [0.05, 0.1) is 29.9 Å². The van der Waals surface area contributed by atoms with Gasteiger partial charge >= 0.3 is 0 Å². The molecule has 31 heavy (non-hydrogen) atoms. The number of hydrogen-bond acceptors (Lipinski definition) is 5. The number of imidazole rings is 1. The molecule has 0 saturated heterocycles. The van der Waals surface area contributed by atoms with Gasteiger partial charge in [0, 0.05) is 31.5 Å². The summed E-state index contributed by atoms with van der Waals surface area (Å²) in [6.45, 7) is 0.987. The van der Waals surface area contributed by atoms with Gasteiger partial charge in [-0.1, -0.05) is 30.9 Å². The lowest BCUT2D eigenvalue weighted by molar-refractivity contribution is -0.121. The number of aryl methyl sites for hydroxylation is 1. The lowest BCUT2D eigenvalue weighted by atomic mass is 9.95. The Kier molecular flexibility index (Phi) is 8.34. The number of carbonyl (C=O) groups is 1. The van der Waals surface area contributed by atoms with Crippen LogP contribution in [0.4, 0.5) is 0 Å². The van der Waals surface area contributed by atoms with Crippen molar-refractivity contribution in [1.29, 1.82) is 0 Å². The van der Waals surface area contributed by atoms with Gasteiger partial charge in [-0.2, -0.15) is 4.31 Å². The van der Waals surface area contributed by atoms with Crippen molar-refractivity contribution in [3.05, 3.63) is 41.9 Å². The predicted molar refractivity (Wildman–Crippen MR) is 119 cm³/mol. The largest absolute Gasteiger partial charge is 0.495 e. The number of aromatic nitrogens is 2. The van der Waals surface area contributed by atoms with E-state index in [4.69, 9.17) is 16.3 Å². The topological polar surface area (TPSA) is 93.5 Å². The molecule has 0 atom stereocenters. The van der Waals surface area contributed by atoms with Crippen LogP contribution in [0.3, 0.4) is 0 Å². The molecule has 10 heteroatoms. The third kappa shape index (κ3) is 6.21. The first-order chi connectivity index (χ1) is 14.9. The molecule has 1 heterocycles. The first kappa shape index (κ1) is 23.6. The minimum atomic E-state index is -3.89. The summed E-state index contributed by atoms with van der Waals surface area (Å²) in [5.41, 5.74) is 0. The number of nitrogens with zero attached hydrogens (tertiary/aromatic N) is 3. The van der Waals surface area contributed by atoms with E-state index in [0.717, 1.165) is 45.1 Å². The molecule has 0 aliphatic heterocycles. The number of methoxy groups -OCH3 is 1. The van der Waals surface area contributed by atoms with Crippen molar-refractivity contribution in [2.24, 2.45) is 0 Å². The van der Waals surface area contributed by atoms with Crippen LogP contribution in [0.2, 0.25) is 5.02 Å². The van der Waals surface area contributed by atoms with Gasteiger partial charge in [-0.25, -0.2) is 13.4 Å². The van der Waals surface area contributed by atoms with Crippen LogP contribution in [0.25, 0.3) is 0 Å². The highest BCUT2D eigenvalue weighted by Crippen LogP contribution is 2.31. The molecule has 2 aromatic rings. The number of halogens is 1. The molecule has 1 fully saturated rings. The van der Waals surface area contributed by atoms with Gasteiger partial charge in [-0.15, -0.1) is 0 Å². The van der Waals surface area contributed by atoms with Crippen molar-refractivity contribution < 1.29 is 17.9 Å². The van der Waals surface area contributed by atoms with Gasteiger partial charge < -0.3 is 14.6 Å². The van der Waals surface area contributed by atoms with Crippen LogP contribution < -0.4 is 10.1 Å². The predicted octanol–water partition coefficient (Wildman–Crippen LogP) is 3.08. The third-order valence-electron chi connectivity index (χ3n) is 5.49. The van der Waals surface area contributed by atoms with E-state index in [1.54, 1.807) is 12.5 Å². The zero-order valence-electron chi connectivity index (χ0n) is 17.7. The van der Waals surface area contributed by atoms with Gasteiger partial charge in [0.15, 0.2) is 0 Å². The van der Waals surface area contributed by atoms with E-state index in [9.17, 15) is 13.2 Å². The summed E-state index contributed by atoms with van der Waals surface area (Å²) in [5, 5.41) is 3.06. The number of nitrogens with one attached hydrogen (secondary N) is 1. The quantitative estimate of drug-likeness (QED) is 0.541. The molecular formula is C21H29ClN4O4S. The van der Waals surface area contributed by atoms with Crippen molar-refractivity contribution in [2.75, 3.05) is 20.2 Å². The molecule has 0 radical (unpaired) electrons. The lowest BCUT2D eigenvalue weighted by Gasteiger charge is -2.33. The van der Waals surface area contributed by atoms with Crippen LogP contribution >= 0.6 is 11.6 Å². The zero-order chi connectivity index (χ0) is 22.3. The number of ether oxygens (including phenoxy) is 1. The molecule has 0 bridgehead atoms. The SMILES string of the molecule is COc1ccc(S(=O)(=O)N(CC(=O)NCCCn2ccnc2)C2CCCCC2)cc1Cl. The Hall–Kier alpha value is -2.10. The van der Waals surface area contributed by atoms with E-state index in [2.05, 4.69) is 10.3 Å². The lowest BCUT2D eigenvalue weighted by Crippen LogP contribution is -2.47. The minimum absolute atomic E-state index is 0.0665. The van der Waals surface area contributed by atoms with Crippen molar-refractivity contribution in [1.82, 2.24) is 19.2 Å². The van der Waals surface area contributed by atoms with Gasteiger partial charge in [-0.05, 0) is 37.5 Å². The maximum absolute atomic E-state index is 13.4. The van der Waals surface area contributed by atoms with Gasteiger partial charge in [-0.3, -0.25) is 4.79 Å². The summed E-state index contributed by atoms with van der Waals surface area (Å²) in [7, 11) is -2.42. The number of rotatable bonds is 10. The Bertz CT molecular complexity index is 960. The van der Waals surface area contributed by atoms with Crippen molar-refractivity contribution >= 4 is 27.5 Å². The van der Waals surface area contributed by atoms with E-state index < -0.39 is 10.0 Å². The molecule has 0 unspecified atom stereocenters. The smallest absolute Gasteiger partial charge is 0.243 e. The van der Waals surface area contributed by atoms with Crippen LogP contribution in [0.5, 0.6) is 5.75 Å². The van der Waals surface area contributed by atoms with Crippen molar-refractivity contribution in [2.45, 2.75) is 56.0 Å². The molecule has 8 nitrogen and oxygen atoms in total. The summed E-state index contributed by atoms with van der Waals surface area (Å²) in [5.74, 6) is 0.0971. The summed E-state index contributed by atoms with van der Waals surface area (Å²) in [6, 6.07) is 4.19. The fraction of sp³-hybridized carbons (Fsp3) is 0.524. The molecule has 1 N–H and O–H groups in total. The fourth-order valence-electron chi connectivity index (χ4n) is 3.83. The Labute approximate surface area is 188 Å². The molecule has 1 aromatic carbocycles. The monoisotopic (exact) mass is 468 g/mol. The molecule has 3 rings (SSSR count). The van der Waals surface area contributed by atoms with Crippen LogP contribution in [0.1, 0.15) is 38.5 Å². The van der Waals surface area contributed by atoms with E-state index in [1.807, 2.05) is 10.8 Å². The third-order valence-corrected chi connectivity index (χ3v) is 7.68. The normalized spacial score (nSPS) is 15.2. The number of sulfonamides is 1. The first-order valence-electron chi connectivity index (χ1n) is 10.5. The first-order valence-corrected chi connectivity index (χ1v) is 12.3. The molecule has 1 saturated carbocycles. The van der Waals surface area contributed by atoms with Gasteiger partial charge in [0.1, 0.15) is 5.75 Å². The summed E-state index contributed by atoms with van der Waals surface area (Å²) in [6.07, 6.45) is 10.5. The Morgan fingerprint density at radius 1 is 1.32 bits per heavy atom. The molecular weight excluding hydrogens is 440 g/mol. The van der Waals surface area contributed by atoms with Crippen LogP contribution in [-0.4, -0.2) is 54.4 Å². The Balaban J connectivity index is 1.69. The highest BCUT2D eigenvalue weighted by atomic mass is 35.5. The molecule has 1 amide bonds. The average Bonchev–Trinajstić information content (AvgIpc) is 3.29.